The number of nitrogens with one attached hydrogen (secondary N) is 5. The van der Waals surface area contributed by atoms with Crippen LogP contribution in [0.4, 0.5) is 21.5 Å². The quantitative estimate of drug-likeness (QED) is 0.0251. The number of primary amides is 1. The van der Waals surface area contributed by atoms with E-state index >= 15 is 0 Å². The van der Waals surface area contributed by atoms with Crippen molar-refractivity contribution in [2.75, 3.05) is 51.1 Å². The minimum atomic E-state index is -4.33. The first-order valence-corrected chi connectivity index (χ1v) is 32.4. The first-order chi connectivity index (χ1) is 42.2. The molecular weight excluding hydrogens is 1210 g/mol. The van der Waals surface area contributed by atoms with Crippen LogP contribution >= 0.6 is 15.2 Å². The second-order valence-corrected chi connectivity index (χ2v) is 26.2. The molecule has 1 aromatic carbocycles. The van der Waals surface area contributed by atoms with Crippen LogP contribution in [0.2, 0.25) is 0 Å². The van der Waals surface area contributed by atoms with E-state index in [1.165, 1.54) is 33.9 Å². The summed E-state index contributed by atoms with van der Waals surface area (Å²) in [4.78, 5) is 138. The molecule has 0 radical (unpaired) electrons. The zero-order chi connectivity index (χ0) is 64.1. The summed E-state index contributed by atoms with van der Waals surface area (Å²) in [7, 11) is -8.60. The van der Waals surface area contributed by atoms with Crippen molar-refractivity contribution in [3.63, 3.8) is 0 Å². The smallest absolute Gasteiger partial charge is 0.407 e. The van der Waals surface area contributed by atoms with E-state index in [0.717, 1.165) is 18.2 Å². The number of alkyl carbamates (subject to hydrolysis) is 1. The third-order valence-electron chi connectivity index (χ3n) is 15.2. The number of unbranched alkanes of at least 4 members (excludes halogenated alkanes) is 2. The van der Waals surface area contributed by atoms with E-state index in [1.54, 1.807) is 38.1 Å². The number of ether oxygens (including phenoxy) is 3. The van der Waals surface area contributed by atoms with Gasteiger partial charge >= 0.3 is 27.3 Å². The van der Waals surface area contributed by atoms with Crippen LogP contribution in [0.3, 0.4) is 0 Å². The number of amides is 6. The summed E-state index contributed by atoms with van der Waals surface area (Å²) in [6, 6.07) is 3.22. The van der Waals surface area contributed by atoms with Gasteiger partial charge in [-0.25, -0.2) is 19.6 Å². The van der Waals surface area contributed by atoms with Crippen LogP contribution in [0.5, 0.6) is 0 Å². The number of carbonyl (C=O) groups is 7. The Hall–Kier alpha value is -8.07. The second kappa shape index (κ2) is 27.8. The number of imide groups is 1. The average Bonchev–Trinajstić information content (AvgIpc) is 1.90. The number of aliphatic hydroxyl groups is 1. The Balaban J connectivity index is 0.860. The molecule has 89 heavy (non-hydrogen) atoms. The first kappa shape index (κ1) is 65.4. The van der Waals surface area contributed by atoms with Crippen LogP contribution in [0.1, 0.15) is 82.4 Å². The van der Waals surface area contributed by atoms with Crippen LogP contribution in [0, 0.1) is 11.8 Å². The topological polar surface area (TPSA) is 483 Å². The summed E-state index contributed by atoms with van der Waals surface area (Å²) in [5.74, 6) is -3.39. The number of ketones is 2. The summed E-state index contributed by atoms with van der Waals surface area (Å²) in [5, 5.41) is 19.6. The van der Waals surface area contributed by atoms with E-state index in [9.17, 15) is 57.4 Å². The molecule has 34 nitrogen and oxygen atoms in total. The van der Waals surface area contributed by atoms with Crippen LogP contribution < -0.4 is 44.3 Å². The highest BCUT2D eigenvalue weighted by atomic mass is 31.2. The van der Waals surface area contributed by atoms with Crippen molar-refractivity contribution in [1.29, 1.82) is 0 Å². The van der Waals surface area contributed by atoms with Crippen molar-refractivity contribution in [3.05, 3.63) is 80.9 Å². The summed E-state index contributed by atoms with van der Waals surface area (Å²) in [6.45, 7) is 4.54. The lowest BCUT2D eigenvalue weighted by Crippen LogP contribution is -2.48. The number of Topliss-reactive ketones (excluding diaryl/α,β-unsaturated/α-hetero) is 2. The number of imidazole rings is 2. The maximum atomic E-state index is 14.5. The number of fused-ring (bicyclic) bond motifs is 4. The Morgan fingerprint density at radius 2 is 1.35 bits per heavy atom. The second-order valence-electron chi connectivity index (χ2n) is 22.2. The van der Waals surface area contributed by atoms with Gasteiger partial charge in [0.1, 0.15) is 49.0 Å². The number of anilines is 2. The fraction of sp³-hybridized carbons (Fsp3) is 0.528. The van der Waals surface area contributed by atoms with Gasteiger partial charge in [0.2, 0.25) is 17.8 Å². The molecule has 4 aliphatic heterocycles. The number of aromatic amines is 2. The van der Waals surface area contributed by atoms with Crippen LogP contribution in [0.25, 0.3) is 22.3 Å². The van der Waals surface area contributed by atoms with Crippen molar-refractivity contribution in [1.82, 2.24) is 59.9 Å². The number of hydrogen-bond acceptors (Lipinski definition) is 25. The van der Waals surface area contributed by atoms with Crippen molar-refractivity contribution < 1.29 is 80.1 Å². The van der Waals surface area contributed by atoms with Gasteiger partial charge in [-0.2, -0.15) is 9.97 Å². The third kappa shape index (κ3) is 15.9. The summed E-state index contributed by atoms with van der Waals surface area (Å²) in [6.07, 6.45) is -4.59. The number of H-pyrrole nitrogens is 2. The van der Waals surface area contributed by atoms with Crippen LogP contribution in [-0.4, -0.2) is 173 Å². The van der Waals surface area contributed by atoms with Gasteiger partial charge in [0.15, 0.2) is 40.6 Å². The van der Waals surface area contributed by atoms with E-state index in [1.807, 2.05) is 0 Å². The molecule has 4 aromatic heterocycles. The summed E-state index contributed by atoms with van der Waals surface area (Å²) in [5.41, 5.74) is 16.1. The van der Waals surface area contributed by atoms with Gasteiger partial charge in [-0.15, -0.1) is 0 Å². The number of carbonyl (C=O) groups excluding carboxylic acids is 7. The van der Waals surface area contributed by atoms with E-state index in [-0.39, 0.29) is 115 Å². The number of benzene rings is 1. The number of aromatic nitrogens is 8. The van der Waals surface area contributed by atoms with E-state index in [0.29, 0.717) is 30.4 Å². The Bertz CT molecular complexity index is 3740. The van der Waals surface area contributed by atoms with E-state index < -0.39 is 119 Å². The van der Waals surface area contributed by atoms with Gasteiger partial charge in [0, 0.05) is 63.8 Å². The molecule has 12 atom stereocenters. The Labute approximate surface area is 505 Å². The van der Waals surface area contributed by atoms with Gasteiger partial charge in [-0.3, -0.25) is 71.2 Å². The highest BCUT2D eigenvalue weighted by Gasteiger charge is 2.54. The zero-order valence-corrected chi connectivity index (χ0v) is 50.5. The molecule has 6 amide bonds. The lowest BCUT2D eigenvalue weighted by atomic mass is 9.88. The number of urea groups is 1. The number of hydrogen-bond donors (Lipinski definition) is 9. The maximum absolute atomic E-state index is 14.5. The molecule has 9 rings (SSSR count). The molecular formula is C53H69N15O19P2. The zero-order valence-electron chi connectivity index (χ0n) is 48.7. The van der Waals surface area contributed by atoms with Crippen LogP contribution in [0.15, 0.2) is 58.7 Å². The number of rotatable bonds is 23. The molecule has 0 spiro atoms. The molecule has 0 bridgehead atoms. The lowest BCUT2D eigenvalue weighted by molar-refractivity contribution is -0.137. The van der Waals surface area contributed by atoms with Gasteiger partial charge in [-0.1, -0.05) is 44.5 Å². The summed E-state index contributed by atoms with van der Waals surface area (Å²) >= 11 is 0. The van der Waals surface area contributed by atoms with Crippen molar-refractivity contribution in [2.24, 2.45) is 17.6 Å². The molecule has 12 N–H and O–H groups in total. The highest BCUT2D eigenvalue weighted by molar-refractivity contribution is 7.53. The van der Waals surface area contributed by atoms with Crippen LogP contribution in [-0.2, 0) is 78.4 Å². The predicted molar refractivity (Wildman–Crippen MR) is 311 cm³/mol. The normalized spacial score (nSPS) is 26.1. The first-order valence-electron chi connectivity index (χ1n) is 28.4. The molecule has 4 unspecified atom stereocenters. The van der Waals surface area contributed by atoms with Crippen molar-refractivity contribution in [3.8, 4) is 0 Å². The molecule has 3 fully saturated rings. The molecule has 36 heteroatoms. The molecule has 4 aliphatic rings. The Morgan fingerprint density at radius 1 is 0.787 bits per heavy atom. The average molecular weight is 1280 g/mol. The summed E-state index contributed by atoms with van der Waals surface area (Å²) < 4.78 is 73.3. The fourth-order valence-electron chi connectivity index (χ4n) is 10.7. The van der Waals surface area contributed by atoms with Gasteiger partial charge < -0.3 is 66.0 Å². The number of nitrogens with two attached hydrogens (primary N) is 3. The van der Waals surface area contributed by atoms with Crippen molar-refractivity contribution >= 4 is 90.8 Å². The van der Waals surface area contributed by atoms with Gasteiger partial charge in [0.25, 0.3) is 22.9 Å². The maximum Gasteiger partial charge on any atom is 0.407 e. The minimum Gasteiger partial charge on any atom is -0.445 e. The molecule has 480 valence electrons. The predicted octanol–water partition coefficient (Wildman–Crippen LogP) is 1.09. The van der Waals surface area contributed by atoms with E-state index in [4.69, 9.17) is 49.5 Å². The molecule has 8 heterocycles. The minimum absolute atomic E-state index is 0.0698. The lowest BCUT2D eigenvalue weighted by Gasteiger charge is -2.30. The monoisotopic (exact) mass is 1280 g/mol. The Morgan fingerprint density at radius 3 is 1.94 bits per heavy atom. The molecule has 0 aliphatic carbocycles. The highest BCUT2D eigenvalue weighted by Crippen LogP contribution is 2.54. The number of nitrogen functional groups attached to an aromatic ring is 2. The Kier molecular flexibility index (Phi) is 20.4. The number of nitrogens with zero attached hydrogens (tertiary/aromatic N) is 7. The third-order valence-corrected chi connectivity index (χ3v) is 17.7. The molecule has 5 aromatic rings. The fourth-order valence-corrected chi connectivity index (χ4v) is 13.1. The standard InChI is InChI=1S/C53H69N15O19P2/c1-26(2)30(20-29(69)9-6-5-7-18-66-35(71)15-16-36(66)72)45(74)60-31(10-8-17-57-52(56)77)32(70)19-27-11-13-28(14-12-27)21-81-53(78)61-37-41-33(84-48(37)67-24-58-38-43(67)62-50(54)64-46(38)75)22-82-89(4,80)87-42-34(23-83-88(3,79)86-41)85-49(40(42)73)68-25-59-39-44(68)63-51(55)65-47(39)76/h11-16,24-26,30-31,33-34,37,40-42,48-49,73H,5-10,17-23H2,1-4H3,(H,60,74)(H,61,78)(H3,56,57,77)(H3,54,62,64,75)(H3,55,63,65,76)/t30-,31-,33+,34+,37?,40?,41-,42-,48+,49+,88?,89?/m0/s1. The van der Waals surface area contributed by atoms with Crippen molar-refractivity contribution in [2.45, 2.75) is 127 Å². The SMILES string of the molecule is CC(C)[C@H](CC(=O)CCCCCN1C(=O)C=CC1=O)C(=O)N[C@@H](CCCNC(N)=O)C(=O)Cc1ccc(COC(=O)NC2[C@H]3OP(C)(=O)OC[C@H]4O[C@@H](n5cnc6c(=O)[nH]c(N)nc65)C(O)[C@H]4OP(C)(=O)OC[C@H]3O[C@H]2n2cnc3c(=O)[nH]c(N)nc32)cc1. The molecule has 3 saturated heterocycles. The van der Waals surface area contributed by atoms with Gasteiger partial charge in [-0.05, 0) is 42.7 Å². The van der Waals surface area contributed by atoms with Gasteiger partial charge in [0.05, 0.1) is 31.9 Å². The van der Waals surface area contributed by atoms with E-state index in [2.05, 4.69) is 45.9 Å². The largest absolute Gasteiger partial charge is 0.445 e. The molecule has 0 saturated carbocycles. The number of aliphatic hydroxyl groups excluding tert-OH is 1.